The van der Waals surface area contributed by atoms with Crippen molar-refractivity contribution < 1.29 is 4.74 Å². The third-order valence-corrected chi connectivity index (χ3v) is 2.63. The van der Waals surface area contributed by atoms with Crippen LogP contribution in [0.2, 0.25) is 0 Å². The van der Waals surface area contributed by atoms with Crippen molar-refractivity contribution in [1.82, 2.24) is 10.6 Å². The second kappa shape index (κ2) is 10.1. The fourth-order valence-electron chi connectivity index (χ4n) is 1.59. The van der Waals surface area contributed by atoms with Gasteiger partial charge in [-0.05, 0) is 12.8 Å². The first-order chi connectivity index (χ1) is 7.36. The van der Waals surface area contributed by atoms with Crippen molar-refractivity contribution in [3.63, 3.8) is 0 Å². The van der Waals surface area contributed by atoms with Crippen LogP contribution < -0.4 is 10.6 Å². The average molecular weight is 341 g/mol. The molecule has 1 atom stereocenters. The van der Waals surface area contributed by atoms with Crippen molar-refractivity contribution >= 4 is 29.9 Å². The largest absolute Gasteiger partial charge is 0.381 e. The lowest BCUT2D eigenvalue weighted by molar-refractivity contribution is 0.186. The van der Waals surface area contributed by atoms with Gasteiger partial charge in [0.25, 0.3) is 0 Å². The summed E-state index contributed by atoms with van der Waals surface area (Å²) in [7, 11) is 1.81. The molecule has 0 spiro atoms. The maximum atomic E-state index is 5.32. The van der Waals surface area contributed by atoms with Crippen molar-refractivity contribution in [2.24, 2.45) is 10.9 Å². The van der Waals surface area contributed by atoms with Crippen molar-refractivity contribution in [3.05, 3.63) is 0 Å². The van der Waals surface area contributed by atoms with Gasteiger partial charge in [0.2, 0.25) is 0 Å². The third kappa shape index (κ3) is 6.52. The van der Waals surface area contributed by atoms with Crippen LogP contribution in [-0.4, -0.2) is 39.3 Å². The summed E-state index contributed by atoms with van der Waals surface area (Å²) < 4.78 is 5.32. The molecule has 0 bridgehead atoms. The number of hydrogen-bond acceptors (Lipinski definition) is 2. The molecule has 0 aromatic heterocycles. The molecule has 0 aromatic rings. The number of guanidine groups is 1. The quantitative estimate of drug-likeness (QED) is 0.346. The van der Waals surface area contributed by atoms with Crippen LogP contribution in [-0.2, 0) is 4.74 Å². The molecule has 0 radical (unpaired) electrons. The van der Waals surface area contributed by atoms with Gasteiger partial charge in [-0.15, -0.1) is 24.0 Å². The molecule has 5 heteroatoms. The maximum Gasteiger partial charge on any atom is 0.190 e. The third-order valence-electron chi connectivity index (χ3n) is 2.63. The molecule has 1 rings (SSSR count). The van der Waals surface area contributed by atoms with E-state index in [2.05, 4.69) is 22.5 Å². The van der Waals surface area contributed by atoms with Gasteiger partial charge in [-0.3, -0.25) is 4.99 Å². The minimum absolute atomic E-state index is 0. The Balaban J connectivity index is 0.00000225. The van der Waals surface area contributed by atoms with Crippen molar-refractivity contribution in [3.8, 4) is 0 Å². The van der Waals surface area contributed by atoms with Crippen LogP contribution in [0.3, 0.4) is 0 Å². The first-order valence-corrected chi connectivity index (χ1v) is 5.89. The molecule has 1 heterocycles. The zero-order valence-corrected chi connectivity index (χ0v) is 12.6. The average Bonchev–Trinajstić information content (AvgIpc) is 2.76. The highest BCUT2D eigenvalue weighted by molar-refractivity contribution is 14.0. The molecule has 1 unspecified atom stereocenters. The van der Waals surface area contributed by atoms with Crippen molar-refractivity contribution in [1.29, 1.82) is 0 Å². The Morgan fingerprint density at radius 1 is 1.44 bits per heavy atom. The highest BCUT2D eigenvalue weighted by atomic mass is 127. The van der Waals surface area contributed by atoms with Gasteiger partial charge in [0.1, 0.15) is 0 Å². The summed E-state index contributed by atoms with van der Waals surface area (Å²) >= 11 is 0. The summed E-state index contributed by atoms with van der Waals surface area (Å²) in [6, 6.07) is 0. The minimum atomic E-state index is 0. The van der Waals surface area contributed by atoms with Crippen LogP contribution in [0.1, 0.15) is 26.2 Å². The monoisotopic (exact) mass is 341 g/mol. The first kappa shape index (κ1) is 16.0. The predicted molar refractivity (Wildman–Crippen MR) is 78.6 cm³/mol. The molecule has 1 saturated heterocycles. The lowest BCUT2D eigenvalue weighted by atomic mass is 10.1. The van der Waals surface area contributed by atoms with E-state index in [0.717, 1.165) is 32.3 Å². The Morgan fingerprint density at radius 2 is 2.25 bits per heavy atom. The number of ether oxygens (including phenoxy) is 1. The normalized spacial score (nSPS) is 20.4. The van der Waals surface area contributed by atoms with Gasteiger partial charge in [-0.25, -0.2) is 0 Å². The molecule has 4 nitrogen and oxygen atoms in total. The fourth-order valence-corrected chi connectivity index (χ4v) is 1.59. The minimum Gasteiger partial charge on any atom is -0.381 e. The predicted octanol–water partition coefficient (Wildman–Crippen LogP) is 1.61. The van der Waals surface area contributed by atoms with Gasteiger partial charge >= 0.3 is 0 Å². The van der Waals surface area contributed by atoms with E-state index in [1.165, 1.54) is 19.3 Å². The first-order valence-electron chi connectivity index (χ1n) is 5.89. The van der Waals surface area contributed by atoms with Gasteiger partial charge < -0.3 is 15.4 Å². The number of unbranched alkanes of at least 4 members (excludes halogenated alkanes) is 1. The van der Waals surface area contributed by atoms with Crippen LogP contribution in [0.5, 0.6) is 0 Å². The molecule has 16 heavy (non-hydrogen) atoms. The van der Waals surface area contributed by atoms with Gasteiger partial charge in [-0.2, -0.15) is 0 Å². The molecule has 0 amide bonds. The molecular formula is C11H24IN3O. The number of nitrogens with zero attached hydrogens (tertiary/aromatic N) is 1. The SMILES string of the molecule is CCCCNC(=NC)NCC1CCOC1.I. The molecule has 1 fully saturated rings. The van der Waals surface area contributed by atoms with Crippen molar-refractivity contribution in [2.75, 3.05) is 33.4 Å². The lowest BCUT2D eigenvalue weighted by Crippen LogP contribution is -2.40. The molecule has 0 aliphatic carbocycles. The summed E-state index contributed by atoms with van der Waals surface area (Å²) in [5.74, 6) is 1.56. The molecule has 96 valence electrons. The van der Waals surface area contributed by atoms with Crippen LogP contribution in [0.15, 0.2) is 4.99 Å². The fraction of sp³-hybridized carbons (Fsp3) is 0.909. The number of nitrogens with one attached hydrogen (secondary N) is 2. The highest BCUT2D eigenvalue weighted by Gasteiger charge is 2.15. The zero-order valence-electron chi connectivity index (χ0n) is 10.3. The number of rotatable bonds is 5. The zero-order chi connectivity index (χ0) is 10.9. The van der Waals surface area contributed by atoms with E-state index >= 15 is 0 Å². The Hall–Kier alpha value is -0.0400. The second-order valence-corrected chi connectivity index (χ2v) is 3.96. The molecule has 0 saturated carbocycles. The Morgan fingerprint density at radius 3 is 2.81 bits per heavy atom. The van der Waals surface area contributed by atoms with Crippen LogP contribution >= 0.6 is 24.0 Å². The number of hydrogen-bond donors (Lipinski definition) is 2. The van der Waals surface area contributed by atoms with Crippen LogP contribution in [0.25, 0.3) is 0 Å². The summed E-state index contributed by atoms with van der Waals surface area (Å²) in [4.78, 5) is 4.17. The van der Waals surface area contributed by atoms with Gasteiger partial charge in [0.05, 0.1) is 6.61 Å². The summed E-state index contributed by atoms with van der Waals surface area (Å²) in [6.07, 6.45) is 3.56. The van der Waals surface area contributed by atoms with Crippen molar-refractivity contribution in [2.45, 2.75) is 26.2 Å². The summed E-state index contributed by atoms with van der Waals surface area (Å²) in [6.45, 7) is 5.95. The Labute approximate surface area is 116 Å². The standard InChI is InChI=1S/C11H23N3O.HI/c1-3-4-6-13-11(12-2)14-8-10-5-7-15-9-10;/h10H,3-9H2,1-2H3,(H2,12,13,14);1H. The van der Waals surface area contributed by atoms with Gasteiger partial charge in [0, 0.05) is 32.7 Å². The van der Waals surface area contributed by atoms with Gasteiger partial charge in [-0.1, -0.05) is 13.3 Å². The molecule has 2 N–H and O–H groups in total. The Kier molecular flexibility index (Phi) is 10.1. The van der Waals surface area contributed by atoms with Crippen LogP contribution in [0.4, 0.5) is 0 Å². The smallest absolute Gasteiger partial charge is 0.190 e. The van der Waals surface area contributed by atoms with E-state index in [9.17, 15) is 0 Å². The van der Waals surface area contributed by atoms with E-state index in [0.29, 0.717) is 5.92 Å². The highest BCUT2D eigenvalue weighted by Crippen LogP contribution is 2.10. The molecular weight excluding hydrogens is 317 g/mol. The van der Waals surface area contributed by atoms with Crippen LogP contribution in [0, 0.1) is 5.92 Å². The summed E-state index contributed by atoms with van der Waals surface area (Å²) in [5.41, 5.74) is 0. The van der Waals surface area contributed by atoms with E-state index in [1.54, 1.807) is 0 Å². The topological polar surface area (TPSA) is 45.7 Å². The maximum absolute atomic E-state index is 5.32. The van der Waals surface area contributed by atoms with E-state index in [1.807, 2.05) is 7.05 Å². The number of aliphatic imine (C=N–C) groups is 1. The molecule has 0 aromatic carbocycles. The van der Waals surface area contributed by atoms with E-state index in [4.69, 9.17) is 4.74 Å². The van der Waals surface area contributed by atoms with Gasteiger partial charge in [0.15, 0.2) is 5.96 Å². The summed E-state index contributed by atoms with van der Waals surface area (Å²) in [5, 5.41) is 6.62. The Bertz CT molecular complexity index is 194. The lowest BCUT2D eigenvalue weighted by Gasteiger charge is -2.13. The number of halogens is 1. The van der Waals surface area contributed by atoms with E-state index in [-0.39, 0.29) is 24.0 Å². The molecule has 1 aliphatic heterocycles. The molecule has 1 aliphatic rings. The van der Waals surface area contributed by atoms with E-state index < -0.39 is 0 Å². The second-order valence-electron chi connectivity index (χ2n) is 3.96.